The van der Waals surface area contributed by atoms with E-state index in [0.717, 1.165) is 36.6 Å². The summed E-state index contributed by atoms with van der Waals surface area (Å²) in [4.78, 5) is 18.8. The molecule has 1 atom stereocenters. The summed E-state index contributed by atoms with van der Waals surface area (Å²) in [5.41, 5.74) is 0.771. The first kappa shape index (κ1) is 18.9. The zero-order valence-electron chi connectivity index (χ0n) is 16.2. The second kappa shape index (κ2) is 8.68. The first-order valence-electron chi connectivity index (χ1n) is 9.70. The molecule has 0 bridgehead atoms. The molecule has 9 heteroatoms. The van der Waals surface area contributed by atoms with Crippen molar-refractivity contribution in [2.24, 2.45) is 5.92 Å². The van der Waals surface area contributed by atoms with Crippen LogP contribution < -0.4 is 15.0 Å². The van der Waals surface area contributed by atoms with Gasteiger partial charge in [0, 0.05) is 18.8 Å². The van der Waals surface area contributed by atoms with Crippen molar-refractivity contribution < 1.29 is 9.53 Å². The average molecular weight is 393 g/mol. The molecule has 29 heavy (non-hydrogen) atoms. The van der Waals surface area contributed by atoms with Gasteiger partial charge in [-0.2, -0.15) is 5.10 Å². The standard InChI is InChI=1S/C20H23N7O2/c1-2-29-17-7-5-16(6-8-17)23-20(28)15-4-3-11-26(12-15)18-9-10-19(25-24-18)27-14-21-13-22-27/h5-10,13-15H,2-4,11-12H2,1H3,(H,23,28). The van der Waals surface area contributed by atoms with Crippen LogP contribution in [-0.4, -0.2) is 50.6 Å². The minimum atomic E-state index is -0.105. The van der Waals surface area contributed by atoms with E-state index in [1.165, 1.54) is 6.33 Å². The van der Waals surface area contributed by atoms with Crippen LogP contribution in [0, 0.1) is 5.92 Å². The van der Waals surface area contributed by atoms with Crippen molar-refractivity contribution in [1.82, 2.24) is 25.0 Å². The number of rotatable bonds is 6. The van der Waals surface area contributed by atoms with Gasteiger partial charge in [-0.15, -0.1) is 10.2 Å². The maximum absolute atomic E-state index is 12.7. The molecule has 1 aromatic carbocycles. The molecule has 2 aromatic heterocycles. The van der Waals surface area contributed by atoms with Gasteiger partial charge in [-0.1, -0.05) is 0 Å². The van der Waals surface area contributed by atoms with E-state index >= 15 is 0 Å². The zero-order chi connectivity index (χ0) is 20.1. The van der Waals surface area contributed by atoms with Crippen LogP contribution in [0.25, 0.3) is 5.82 Å². The van der Waals surface area contributed by atoms with Gasteiger partial charge in [0.25, 0.3) is 0 Å². The summed E-state index contributed by atoms with van der Waals surface area (Å²) in [5, 5.41) is 15.6. The Bertz CT molecular complexity index is 926. The third kappa shape index (κ3) is 4.50. The Hall–Kier alpha value is -3.49. The highest BCUT2D eigenvalue weighted by Crippen LogP contribution is 2.23. The molecule has 0 saturated carbocycles. The number of ether oxygens (including phenoxy) is 1. The molecule has 9 nitrogen and oxygen atoms in total. The van der Waals surface area contributed by atoms with Crippen molar-refractivity contribution >= 4 is 17.4 Å². The van der Waals surface area contributed by atoms with Crippen molar-refractivity contribution in [3.05, 3.63) is 49.1 Å². The van der Waals surface area contributed by atoms with Crippen LogP contribution >= 0.6 is 0 Å². The van der Waals surface area contributed by atoms with E-state index < -0.39 is 0 Å². The summed E-state index contributed by atoms with van der Waals surface area (Å²) < 4.78 is 6.99. The number of nitrogens with one attached hydrogen (secondary N) is 1. The summed E-state index contributed by atoms with van der Waals surface area (Å²) in [6.07, 6.45) is 4.80. The van der Waals surface area contributed by atoms with Crippen molar-refractivity contribution in [3.63, 3.8) is 0 Å². The second-order valence-corrected chi connectivity index (χ2v) is 6.82. The molecule has 0 aliphatic carbocycles. The molecular weight excluding hydrogens is 370 g/mol. The number of nitrogens with zero attached hydrogens (tertiary/aromatic N) is 6. The first-order valence-corrected chi connectivity index (χ1v) is 9.70. The molecular formula is C20H23N7O2. The minimum Gasteiger partial charge on any atom is -0.494 e. The van der Waals surface area contributed by atoms with Gasteiger partial charge in [-0.3, -0.25) is 4.79 Å². The van der Waals surface area contributed by atoms with E-state index in [4.69, 9.17) is 4.74 Å². The highest BCUT2D eigenvalue weighted by atomic mass is 16.5. The summed E-state index contributed by atoms with van der Waals surface area (Å²) in [6.45, 7) is 4.02. The van der Waals surface area contributed by atoms with Gasteiger partial charge in [0.2, 0.25) is 5.91 Å². The predicted octanol–water partition coefficient (Wildman–Crippen LogP) is 2.31. The van der Waals surface area contributed by atoms with E-state index in [2.05, 4.69) is 30.5 Å². The number of benzene rings is 1. The SMILES string of the molecule is CCOc1ccc(NC(=O)C2CCCN(c3ccc(-n4cncn4)nn3)C2)cc1. The average Bonchev–Trinajstić information content (AvgIpc) is 3.30. The van der Waals surface area contributed by atoms with Crippen molar-refractivity contribution in [3.8, 4) is 11.6 Å². The van der Waals surface area contributed by atoms with Gasteiger partial charge >= 0.3 is 0 Å². The van der Waals surface area contributed by atoms with E-state index in [1.807, 2.05) is 43.3 Å². The lowest BCUT2D eigenvalue weighted by molar-refractivity contribution is -0.120. The summed E-state index contributed by atoms with van der Waals surface area (Å²) in [6, 6.07) is 11.2. The third-order valence-electron chi connectivity index (χ3n) is 4.84. The van der Waals surface area contributed by atoms with Gasteiger partial charge in [-0.05, 0) is 56.2 Å². The molecule has 1 saturated heterocycles. The Labute approximate surface area is 168 Å². The van der Waals surface area contributed by atoms with Crippen molar-refractivity contribution in [1.29, 1.82) is 0 Å². The molecule has 0 spiro atoms. The Balaban J connectivity index is 1.38. The quantitative estimate of drug-likeness (QED) is 0.686. The molecule has 150 valence electrons. The molecule has 1 amide bonds. The van der Waals surface area contributed by atoms with E-state index in [0.29, 0.717) is 19.0 Å². The van der Waals surface area contributed by atoms with Gasteiger partial charge < -0.3 is 15.0 Å². The first-order chi connectivity index (χ1) is 14.2. The van der Waals surface area contributed by atoms with Gasteiger partial charge in [0.05, 0.1) is 12.5 Å². The second-order valence-electron chi connectivity index (χ2n) is 6.82. The Morgan fingerprint density at radius 3 is 2.66 bits per heavy atom. The van der Waals surface area contributed by atoms with Gasteiger partial charge in [0.15, 0.2) is 11.6 Å². The number of amides is 1. The van der Waals surface area contributed by atoms with Gasteiger partial charge in [-0.25, -0.2) is 9.67 Å². The normalized spacial score (nSPS) is 16.4. The lowest BCUT2D eigenvalue weighted by Crippen LogP contribution is -2.41. The fourth-order valence-corrected chi connectivity index (χ4v) is 3.38. The topological polar surface area (TPSA) is 98.1 Å². The predicted molar refractivity (Wildman–Crippen MR) is 108 cm³/mol. The molecule has 1 fully saturated rings. The largest absolute Gasteiger partial charge is 0.494 e. The van der Waals surface area contributed by atoms with Crippen LogP contribution in [0.4, 0.5) is 11.5 Å². The number of aromatic nitrogens is 5. The van der Waals surface area contributed by atoms with Crippen molar-refractivity contribution in [2.45, 2.75) is 19.8 Å². The maximum atomic E-state index is 12.7. The molecule has 4 rings (SSSR count). The van der Waals surface area contributed by atoms with Crippen molar-refractivity contribution in [2.75, 3.05) is 29.9 Å². The molecule has 1 aliphatic rings. The van der Waals surface area contributed by atoms with Crippen LogP contribution in [0.3, 0.4) is 0 Å². The monoisotopic (exact) mass is 393 g/mol. The Kier molecular flexibility index (Phi) is 5.64. The molecule has 1 N–H and O–H groups in total. The van der Waals surface area contributed by atoms with Crippen LogP contribution in [0.5, 0.6) is 5.75 Å². The lowest BCUT2D eigenvalue weighted by Gasteiger charge is -2.32. The molecule has 3 heterocycles. The van der Waals surface area contributed by atoms with Crippen LogP contribution in [0.1, 0.15) is 19.8 Å². The highest BCUT2D eigenvalue weighted by Gasteiger charge is 2.27. The summed E-state index contributed by atoms with van der Waals surface area (Å²) in [7, 11) is 0. The van der Waals surface area contributed by atoms with E-state index in [1.54, 1.807) is 11.0 Å². The van der Waals surface area contributed by atoms with Crippen LogP contribution in [-0.2, 0) is 4.79 Å². The minimum absolute atomic E-state index is 0.0195. The maximum Gasteiger partial charge on any atom is 0.229 e. The molecule has 3 aromatic rings. The number of carbonyl (C=O) groups is 1. The number of hydrogen-bond acceptors (Lipinski definition) is 7. The number of hydrogen-bond donors (Lipinski definition) is 1. The summed E-state index contributed by atoms with van der Waals surface area (Å²) in [5.74, 6) is 2.07. The smallest absolute Gasteiger partial charge is 0.229 e. The number of anilines is 2. The highest BCUT2D eigenvalue weighted by molar-refractivity contribution is 5.93. The Morgan fingerprint density at radius 1 is 1.17 bits per heavy atom. The third-order valence-corrected chi connectivity index (χ3v) is 4.84. The van der Waals surface area contributed by atoms with Crippen LogP contribution in [0.2, 0.25) is 0 Å². The number of carbonyl (C=O) groups excluding carboxylic acids is 1. The Morgan fingerprint density at radius 2 is 1.97 bits per heavy atom. The zero-order valence-corrected chi connectivity index (χ0v) is 16.2. The number of piperidine rings is 1. The molecule has 0 radical (unpaired) electrons. The fourth-order valence-electron chi connectivity index (χ4n) is 3.38. The molecule has 1 aliphatic heterocycles. The van der Waals surface area contributed by atoms with E-state index in [9.17, 15) is 4.79 Å². The van der Waals surface area contributed by atoms with Gasteiger partial charge in [0.1, 0.15) is 18.4 Å². The lowest BCUT2D eigenvalue weighted by atomic mass is 9.97. The van der Waals surface area contributed by atoms with E-state index in [-0.39, 0.29) is 11.8 Å². The molecule has 1 unspecified atom stereocenters. The summed E-state index contributed by atoms with van der Waals surface area (Å²) >= 11 is 0. The van der Waals surface area contributed by atoms with Crippen LogP contribution in [0.15, 0.2) is 49.1 Å². The fraction of sp³-hybridized carbons (Fsp3) is 0.350.